The Bertz CT molecular complexity index is 741. The first kappa shape index (κ1) is 15.4. The highest BCUT2D eigenvalue weighted by Crippen LogP contribution is 2.22. The van der Waals surface area contributed by atoms with Crippen molar-refractivity contribution < 1.29 is 8.42 Å². The standard InChI is InChI=1S/C12H11ClN2O2S3/c13-11-6-5-8(19-11)7-15-20(16,17)10-4-2-1-3-9(10)12(14)18/h1-6,15H,7H2,(H2,14,18). The Balaban J connectivity index is 2.25. The molecule has 0 aliphatic heterocycles. The maximum Gasteiger partial charge on any atom is 0.241 e. The molecule has 4 nitrogen and oxygen atoms in total. The molecule has 20 heavy (non-hydrogen) atoms. The Labute approximate surface area is 131 Å². The minimum absolute atomic E-state index is 0.0464. The molecule has 1 heterocycles. The summed E-state index contributed by atoms with van der Waals surface area (Å²) < 4.78 is 27.7. The Hall–Kier alpha value is -0.990. The van der Waals surface area contributed by atoms with E-state index >= 15 is 0 Å². The molecule has 0 saturated carbocycles. The van der Waals surface area contributed by atoms with Crippen LogP contribution in [0.3, 0.4) is 0 Å². The van der Waals surface area contributed by atoms with Crippen molar-refractivity contribution in [3.8, 4) is 0 Å². The van der Waals surface area contributed by atoms with E-state index in [1.165, 1.54) is 17.4 Å². The lowest BCUT2D eigenvalue weighted by molar-refractivity contribution is 0.581. The van der Waals surface area contributed by atoms with Crippen LogP contribution in [0.4, 0.5) is 0 Å². The van der Waals surface area contributed by atoms with Gasteiger partial charge in [-0.15, -0.1) is 11.3 Å². The third kappa shape index (κ3) is 3.56. The second kappa shape index (κ2) is 6.19. The molecule has 2 aromatic rings. The highest BCUT2D eigenvalue weighted by Gasteiger charge is 2.19. The largest absolute Gasteiger partial charge is 0.389 e. The van der Waals surface area contributed by atoms with Crippen molar-refractivity contribution in [1.82, 2.24) is 4.72 Å². The summed E-state index contributed by atoms with van der Waals surface area (Å²) >= 11 is 12.0. The molecular formula is C12H11ClN2O2S3. The molecule has 2 rings (SSSR count). The van der Waals surface area contributed by atoms with Crippen molar-refractivity contribution in [1.29, 1.82) is 0 Å². The number of rotatable bonds is 5. The molecule has 0 radical (unpaired) electrons. The normalized spacial score (nSPS) is 11.4. The molecule has 0 unspecified atom stereocenters. The van der Waals surface area contributed by atoms with Gasteiger partial charge in [-0.05, 0) is 18.2 Å². The average molecular weight is 347 g/mol. The number of sulfonamides is 1. The fourth-order valence-corrected chi connectivity index (χ4v) is 4.18. The summed E-state index contributed by atoms with van der Waals surface area (Å²) in [5, 5.41) is 0. The summed E-state index contributed by atoms with van der Waals surface area (Å²) in [6, 6.07) is 9.86. The number of nitrogens with one attached hydrogen (secondary N) is 1. The van der Waals surface area contributed by atoms with Crippen molar-refractivity contribution >= 4 is 50.2 Å². The number of thiophene rings is 1. The number of nitrogens with two attached hydrogens (primary N) is 1. The third-order valence-electron chi connectivity index (χ3n) is 2.51. The quantitative estimate of drug-likeness (QED) is 0.816. The minimum Gasteiger partial charge on any atom is -0.389 e. The molecule has 0 bridgehead atoms. The second-order valence-electron chi connectivity index (χ2n) is 3.89. The van der Waals surface area contributed by atoms with Gasteiger partial charge in [-0.3, -0.25) is 0 Å². The van der Waals surface area contributed by atoms with E-state index in [0.717, 1.165) is 4.88 Å². The Morgan fingerprint density at radius 2 is 2.00 bits per heavy atom. The SMILES string of the molecule is NC(=S)c1ccccc1S(=O)(=O)NCc1ccc(Cl)s1. The molecule has 106 valence electrons. The van der Waals surface area contributed by atoms with E-state index in [9.17, 15) is 8.42 Å². The van der Waals surface area contributed by atoms with Crippen molar-refractivity contribution in [3.63, 3.8) is 0 Å². The molecule has 1 aromatic heterocycles. The highest BCUT2D eigenvalue weighted by molar-refractivity contribution is 7.89. The lowest BCUT2D eigenvalue weighted by Gasteiger charge is -2.09. The van der Waals surface area contributed by atoms with Crippen LogP contribution >= 0.6 is 35.2 Å². The zero-order chi connectivity index (χ0) is 14.8. The molecule has 0 spiro atoms. The van der Waals surface area contributed by atoms with Gasteiger partial charge in [-0.2, -0.15) is 0 Å². The maximum absolute atomic E-state index is 12.3. The van der Waals surface area contributed by atoms with E-state index < -0.39 is 10.0 Å². The number of hydrogen-bond acceptors (Lipinski definition) is 4. The van der Waals surface area contributed by atoms with Crippen LogP contribution in [0.15, 0.2) is 41.3 Å². The van der Waals surface area contributed by atoms with Crippen LogP contribution in [0.25, 0.3) is 0 Å². The van der Waals surface area contributed by atoms with Crippen molar-refractivity contribution in [2.24, 2.45) is 5.73 Å². The van der Waals surface area contributed by atoms with Crippen molar-refractivity contribution in [2.45, 2.75) is 11.4 Å². The second-order valence-corrected chi connectivity index (χ2v) is 7.87. The van der Waals surface area contributed by atoms with Gasteiger partial charge >= 0.3 is 0 Å². The molecule has 3 N–H and O–H groups in total. The van der Waals surface area contributed by atoms with Crippen molar-refractivity contribution in [3.05, 3.63) is 51.2 Å². The number of halogens is 1. The van der Waals surface area contributed by atoms with Gasteiger partial charge in [0.1, 0.15) is 4.99 Å². The molecule has 8 heteroatoms. The maximum atomic E-state index is 12.3. The van der Waals surface area contributed by atoms with Crippen LogP contribution in [0.1, 0.15) is 10.4 Å². The lowest BCUT2D eigenvalue weighted by Crippen LogP contribution is -2.26. The van der Waals surface area contributed by atoms with Crippen LogP contribution < -0.4 is 10.5 Å². The Morgan fingerprint density at radius 3 is 2.60 bits per heavy atom. The summed E-state index contributed by atoms with van der Waals surface area (Å²) in [4.78, 5) is 0.951. The topological polar surface area (TPSA) is 72.2 Å². The first-order valence-electron chi connectivity index (χ1n) is 5.53. The summed E-state index contributed by atoms with van der Waals surface area (Å²) in [5.74, 6) is 0. The molecular weight excluding hydrogens is 336 g/mol. The molecule has 0 saturated heterocycles. The lowest BCUT2D eigenvalue weighted by atomic mass is 10.2. The van der Waals surface area contributed by atoms with E-state index in [0.29, 0.717) is 9.90 Å². The van der Waals surface area contributed by atoms with E-state index in [1.807, 2.05) is 0 Å². The third-order valence-corrected chi connectivity index (χ3v) is 5.42. The van der Waals surface area contributed by atoms with Gasteiger partial charge in [0, 0.05) is 17.0 Å². The van der Waals surface area contributed by atoms with Gasteiger partial charge in [-0.1, -0.05) is 42.0 Å². The molecule has 1 aromatic carbocycles. The van der Waals surface area contributed by atoms with Crippen LogP contribution in [0.5, 0.6) is 0 Å². The zero-order valence-electron chi connectivity index (χ0n) is 10.2. The zero-order valence-corrected chi connectivity index (χ0v) is 13.4. The number of hydrogen-bond donors (Lipinski definition) is 2. The van der Waals surface area contributed by atoms with E-state index in [-0.39, 0.29) is 16.4 Å². The van der Waals surface area contributed by atoms with Crippen molar-refractivity contribution in [2.75, 3.05) is 0 Å². The van der Waals surface area contributed by atoms with Crippen LogP contribution in [-0.2, 0) is 16.6 Å². The van der Waals surface area contributed by atoms with Gasteiger partial charge in [0.15, 0.2) is 0 Å². The summed E-state index contributed by atoms with van der Waals surface area (Å²) in [6.45, 7) is 0.172. The fraction of sp³-hybridized carbons (Fsp3) is 0.0833. The fourth-order valence-electron chi connectivity index (χ4n) is 1.60. The molecule has 0 aliphatic carbocycles. The Kier molecular flexibility index (Phi) is 4.77. The van der Waals surface area contributed by atoms with Crippen LogP contribution in [0, 0.1) is 0 Å². The smallest absolute Gasteiger partial charge is 0.241 e. The first-order chi connectivity index (χ1) is 9.40. The molecule has 0 atom stereocenters. The summed E-state index contributed by atoms with van der Waals surface area (Å²) in [5.41, 5.74) is 5.88. The van der Waals surface area contributed by atoms with Crippen LogP contribution in [-0.4, -0.2) is 13.4 Å². The monoisotopic (exact) mass is 346 g/mol. The predicted molar refractivity (Wildman–Crippen MR) is 85.7 cm³/mol. The van der Waals surface area contributed by atoms with Crippen LogP contribution in [0.2, 0.25) is 4.34 Å². The van der Waals surface area contributed by atoms with E-state index in [1.54, 1.807) is 30.3 Å². The first-order valence-corrected chi connectivity index (χ1v) is 8.61. The number of thiocarbonyl (C=S) groups is 1. The summed E-state index contributed by atoms with van der Waals surface area (Å²) in [6.07, 6.45) is 0. The predicted octanol–water partition coefficient (Wildman–Crippen LogP) is 2.51. The molecule has 0 aliphatic rings. The molecule has 0 amide bonds. The van der Waals surface area contributed by atoms with E-state index in [4.69, 9.17) is 29.6 Å². The Morgan fingerprint density at radius 1 is 1.30 bits per heavy atom. The van der Waals surface area contributed by atoms with Gasteiger partial charge in [0.25, 0.3) is 0 Å². The minimum atomic E-state index is -3.68. The molecule has 0 fully saturated rings. The van der Waals surface area contributed by atoms with Gasteiger partial charge in [0.2, 0.25) is 10.0 Å². The highest BCUT2D eigenvalue weighted by atomic mass is 35.5. The summed E-state index contributed by atoms with van der Waals surface area (Å²) in [7, 11) is -3.68. The number of benzene rings is 1. The van der Waals surface area contributed by atoms with Gasteiger partial charge in [-0.25, -0.2) is 13.1 Å². The average Bonchev–Trinajstić information content (AvgIpc) is 2.82. The van der Waals surface area contributed by atoms with Gasteiger partial charge < -0.3 is 5.73 Å². The van der Waals surface area contributed by atoms with Gasteiger partial charge in [0.05, 0.1) is 9.23 Å². The van der Waals surface area contributed by atoms with E-state index in [2.05, 4.69) is 4.72 Å².